The molecule has 0 amide bonds. The number of hydrogen-bond acceptors (Lipinski definition) is 4. The number of rotatable bonds is 6. The van der Waals surface area contributed by atoms with Crippen molar-refractivity contribution < 1.29 is 13.5 Å². The van der Waals surface area contributed by atoms with Crippen molar-refractivity contribution in [1.29, 1.82) is 5.26 Å². The number of benzene rings is 2. The molecule has 0 radical (unpaired) electrons. The molecular formula is C18H11Cl2F2N3OS. The maximum absolute atomic E-state index is 12.4. The SMILES string of the molecule is N#CCSc1ncc(-c2ccc(Cl)c(Cl)c2)n1-c1ccc(OC(F)F)cc1. The molecule has 4 nitrogen and oxygen atoms in total. The summed E-state index contributed by atoms with van der Waals surface area (Å²) in [6.07, 6.45) is 1.66. The molecule has 0 saturated heterocycles. The average Bonchev–Trinajstić information content (AvgIpc) is 3.06. The standard InChI is InChI=1S/C18H11Cl2F2N3OS/c19-14-6-1-11(9-15(14)20)16-10-24-18(27-8-7-23)25(16)12-2-4-13(5-3-12)26-17(21)22/h1-6,9-10,17H,8H2. The molecule has 9 heteroatoms. The Kier molecular flexibility index (Phi) is 6.22. The number of halogens is 4. The molecule has 1 heterocycles. The molecule has 3 aromatic rings. The maximum Gasteiger partial charge on any atom is 0.387 e. The smallest absolute Gasteiger partial charge is 0.387 e. The van der Waals surface area contributed by atoms with Gasteiger partial charge in [0.2, 0.25) is 0 Å². The number of thioether (sulfide) groups is 1. The number of hydrogen-bond donors (Lipinski definition) is 0. The van der Waals surface area contributed by atoms with E-state index >= 15 is 0 Å². The van der Waals surface area contributed by atoms with Gasteiger partial charge in [-0.15, -0.1) is 0 Å². The van der Waals surface area contributed by atoms with E-state index < -0.39 is 6.61 Å². The zero-order valence-electron chi connectivity index (χ0n) is 13.6. The van der Waals surface area contributed by atoms with E-state index in [9.17, 15) is 8.78 Å². The van der Waals surface area contributed by atoms with E-state index in [0.29, 0.717) is 20.9 Å². The topological polar surface area (TPSA) is 50.8 Å². The third kappa shape index (κ3) is 4.53. The van der Waals surface area contributed by atoms with Gasteiger partial charge in [0, 0.05) is 11.3 Å². The molecule has 3 rings (SSSR count). The first-order chi connectivity index (χ1) is 13.0. The molecule has 0 bridgehead atoms. The van der Waals surface area contributed by atoms with Crippen LogP contribution in [-0.2, 0) is 0 Å². The van der Waals surface area contributed by atoms with Gasteiger partial charge in [0.05, 0.1) is 33.8 Å². The van der Waals surface area contributed by atoms with Crippen LogP contribution in [0.1, 0.15) is 0 Å². The number of imidazole rings is 1. The third-order valence-electron chi connectivity index (χ3n) is 3.53. The summed E-state index contributed by atoms with van der Waals surface area (Å²) in [4.78, 5) is 4.38. The lowest BCUT2D eigenvalue weighted by Crippen LogP contribution is -2.03. The summed E-state index contributed by atoms with van der Waals surface area (Å²) in [6.45, 7) is -2.89. The van der Waals surface area contributed by atoms with Crippen LogP contribution in [-0.4, -0.2) is 21.9 Å². The Morgan fingerprint density at radius 2 is 1.89 bits per heavy atom. The molecule has 0 atom stereocenters. The lowest BCUT2D eigenvalue weighted by atomic mass is 10.1. The predicted molar refractivity (Wildman–Crippen MR) is 102 cm³/mol. The fourth-order valence-electron chi connectivity index (χ4n) is 2.42. The van der Waals surface area contributed by atoms with Crippen LogP contribution < -0.4 is 4.74 Å². The van der Waals surface area contributed by atoms with Crippen molar-refractivity contribution >= 4 is 35.0 Å². The second-order valence-electron chi connectivity index (χ2n) is 5.21. The lowest BCUT2D eigenvalue weighted by Gasteiger charge is -2.13. The Hall–Kier alpha value is -2.27. The van der Waals surface area contributed by atoms with Crippen molar-refractivity contribution in [3.05, 3.63) is 58.7 Å². The number of alkyl halides is 2. The number of aromatic nitrogens is 2. The minimum atomic E-state index is -2.89. The van der Waals surface area contributed by atoms with Crippen molar-refractivity contribution in [1.82, 2.24) is 9.55 Å². The van der Waals surface area contributed by atoms with Gasteiger partial charge >= 0.3 is 6.61 Å². The minimum Gasteiger partial charge on any atom is -0.435 e. The normalized spacial score (nSPS) is 10.8. The monoisotopic (exact) mass is 425 g/mol. The Morgan fingerprint density at radius 1 is 1.15 bits per heavy atom. The van der Waals surface area contributed by atoms with Gasteiger partial charge in [-0.05, 0) is 36.4 Å². The van der Waals surface area contributed by atoms with Crippen LogP contribution in [0.5, 0.6) is 5.75 Å². The molecular weight excluding hydrogens is 415 g/mol. The van der Waals surface area contributed by atoms with Crippen molar-refractivity contribution in [3.8, 4) is 28.8 Å². The van der Waals surface area contributed by atoms with Crippen LogP contribution in [0.25, 0.3) is 16.9 Å². The first kappa shape index (κ1) is 19.5. The molecule has 27 heavy (non-hydrogen) atoms. The number of ether oxygens (including phenoxy) is 1. The van der Waals surface area contributed by atoms with E-state index in [-0.39, 0.29) is 11.5 Å². The van der Waals surface area contributed by atoms with Crippen molar-refractivity contribution in [3.63, 3.8) is 0 Å². The molecule has 1 aromatic heterocycles. The highest BCUT2D eigenvalue weighted by Crippen LogP contribution is 2.33. The third-order valence-corrected chi connectivity index (χ3v) is 5.09. The molecule has 0 unspecified atom stereocenters. The molecule has 0 spiro atoms. The molecule has 0 aliphatic carbocycles. The summed E-state index contributed by atoms with van der Waals surface area (Å²) in [5.41, 5.74) is 2.17. The van der Waals surface area contributed by atoms with Gasteiger partial charge in [-0.2, -0.15) is 14.0 Å². The van der Waals surface area contributed by atoms with E-state index in [2.05, 4.69) is 15.8 Å². The van der Waals surface area contributed by atoms with E-state index in [0.717, 1.165) is 11.3 Å². The van der Waals surface area contributed by atoms with Crippen LogP contribution in [0.3, 0.4) is 0 Å². The zero-order valence-corrected chi connectivity index (χ0v) is 15.9. The van der Waals surface area contributed by atoms with Gasteiger partial charge in [-0.25, -0.2) is 4.98 Å². The largest absolute Gasteiger partial charge is 0.435 e. The summed E-state index contributed by atoms with van der Waals surface area (Å²) >= 11 is 13.4. The fourth-order valence-corrected chi connectivity index (χ4v) is 3.37. The van der Waals surface area contributed by atoms with Crippen molar-refractivity contribution in [2.45, 2.75) is 11.8 Å². The first-order valence-corrected chi connectivity index (χ1v) is 9.32. The summed E-state index contributed by atoms with van der Waals surface area (Å²) < 4.78 is 30.9. The summed E-state index contributed by atoms with van der Waals surface area (Å²) in [5, 5.41) is 10.3. The Bertz CT molecular complexity index is 987. The quantitative estimate of drug-likeness (QED) is 0.450. The van der Waals surface area contributed by atoms with Crippen LogP contribution >= 0.6 is 35.0 Å². The summed E-state index contributed by atoms with van der Waals surface area (Å²) in [7, 11) is 0. The van der Waals surface area contributed by atoms with Crippen LogP contribution in [0.4, 0.5) is 8.78 Å². The molecule has 0 fully saturated rings. The van der Waals surface area contributed by atoms with Crippen LogP contribution in [0, 0.1) is 11.3 Å². The van der Waals surface area contributed by atoms with Crippen LogP contribution in [0.15, 0.2) is 53.8 Å². The Morgan fingerprint density at radius 3 is 2.52 bits per heavy atom. The maximum atomic E-state index is 12.4. The second-order valence-corrected chi connectivity index (χ2v) is 6.97. The fraction of sp³-hybridized carbons (Fsp3) is 0.111. The van der Waals surface area contributed by atoms with E-state index in [1.54, 1.807) is 36.5 Å². The van der Waals surface area contributed by atoms with Gasteiger partial charge in [0.25, 0.3) is 0 Å². The van der Waals surface area contributed by atoms with Gasteiger partial charge in [-0.1, -0.05) is 41.0 Å². The van der Waals surface area contributed by atoms with Crippen molar-refractivity contribution in [2.24, 2.45) is 0 Å². The number of nitriles is 1. The van der Waals surface area contributed by atoms with E-state index in [4.69, 9.17) is 28.5 Å². The molecule has 138 valence electrons. The van der Waals surface area contributed by atoms with Gasteiger partial charge in [-0.3, -0.25) is 4.57 Å². The summed E-state index contributed by atoms with van der Waals surface area (Å²) in [6, 6.07) is 13.4. The van der Waals surface area contributed by atoms with E-state index in [1.807, 2.05) is 4.57 Å². The predicted octanol–water partition coefficient (Wildman–Crippen LogP) is 6.06. The molecule has 0 N–H and O–H groups in total. The highest BCUT2D eigenvalue weighted by molar-refractivity contribution is 7.99. The molecule has 2 aromatic carbocycles. The van der Waals surface area contributed by atoms with Crippen LogP contribution in [0.2, 0.25) is 10.0 Å². The molecule has 0 saturated carbocycles. The van der Waals surface area contributed by atoms with Gasteiger partial charge in [0.15, 0.2) is 5.16 Å². The highest BCUT2D eigenvalue weighted by Gasteiger charge is 2.15. The number of nitrogens with zero attached hydrogens (tertiary/aromatic N) is 3. The average molecular weight is 426 g/mol. The highest BCUT2D eigenvalue weighted by atomic mass is 35.5. The molecule has 0 aliphatic rings. The van der Waals surface area contributed by atoms with Crippen molar-refractivity contribution in [2.75, 3.05) is 5.75 Å². The minimum absolute atomic E-state index is 0.0520. The Labute approximate surface area is 168 Å². The Balaban J connectivity index is 2.07. The first-order valence-electron chi connectivity index (χ1n) is 7.57. The zero-order chi connectivity index (χ0) is 19.4. The molecule has 0 aliphatic heterocycles. The lowest BCUT2D eigenvalue weighted by molar-refractivity contribution is -0.0498. The second kappa shape index (κ2) is 8.61. The van der Waals surface area contributed by atoms with Gasteiger partial charge < -0.3 is 4.74 Å². The summed E-state index contributed by atoms with van der Waals surface area (Å²) in [5.74, 6) is 0.265. The van der Waals surface area contributed by atoms with E-state index in [1.165, 1.54) is 23.9 Å². The van der Waals surface area contributed by atoms with Gasteiger partial charge in [0.1, 0.15) is 5.75 Å².